The Labute approximate surface area is 288 Å². The van der Waals surface area contributed by atoms with Gasteiger partial charge in [-0.15, -0.1) is 0 Å². The number of ether oxygens (including phenoxy) is 1. The summed E-state index contributed by atoms with van der Waals surface area (Å²) in [6.07, 6.45) is 16.3. The Hall–Kier alpha value is -4.76. The SMILES string of the molecule is Cn1ccc2c3c4c(c5c(c3ccc21)OC(c1ccccc1)(c1ccc(N2CCCCC2)cc1)C=C5)C1(CC2CCC1C2)c1ccccc1-4. The standard InChI is InChI=1S/C46H42N2O/c1-47-27-23-36-40(47)21-20-37-41(36)42-35-12-6-7-13-39(35)45(29-30-14-15-33(45)28-30)43(42)38-22-24-46(49-44(37)38,31-10-4-2-5-11-31)32-16-18-34(19-17-32)48-25-8-3-9-26-48/h2,4-7,10-13,16-24,27,30,33H,3,8-9,14-15,25-26,28-29H2,1H3. The third-order valence-electron chi connectivity index (χ3n) is 13.3. The van der Waals surface area contributed by atoms with Gasteiger partial charge in [-0.2, -0.15) is 0 Å². The molecule has 2 bridgehead atoms. The predicted octanol–water partition coefficient (Wildman–Crippen LogP) is 10.8. The van der Waals surface area contributed by atoms with Crippen molar-refractivity contribution in [2.45, 2.75) is 56.0 Å². The van der Waals surface area contributed by atoms with Crippen LogP contribution in [0, 0.1) is 11.8 Å². The molecule has 49 heavy (non-hydrogen) atoms. The molecule has 3 heterocycles. The molecule has 5 aromatic carbocycles. The molecule has 0 radical (unpaired) electrons. The van der Waals surface area contributed by atoms with Crippen molar-refractivity contribution in [3.63, 3.8) is 0 Å². The molecule has 6 aromatic rings. The van der Waals surface area contributed by atoms with Crippen LogP contribution in [-0.4, -0.2) is 17.7 Å². The van der Waals surface area contributed by atoms with Crippen LogP contribution in [0.4, 0.5) is 5.69 Å². The van der Waals surface area contributed by atoms with Gasteiger partial charge in [0.1, 0.15) is 5.75 Å². The highest BCUT2D eigenvalue weighted by Gasteiger charge is 2.58. The van der Waals surface area contributed by atoms with Crippen molar-refractivity contribution in [2.24, 2.45) is 18.9 Å². The molecule has 0 amide bonds. The number of rotatable bonds is 3. The average molecular weight is 639 g/mol. The van der Waals surface area contributed by atoms with E-state index >= 15 is 0 Å². The van der Waals surface area contributed by atoms with Gasteiger partial charge >= 0.3 is 0 Å². The fourth-order valence-corrected chi connectivity index (χ4v) is 11.2. The summed E-state index contributed by atoms with van der Waals surface area (Å²) in [6.45, 7) is 2.29. The lowest BCUT2D eigenvalue weighted by Gasteiger charge is -2.41. The minimum Gasteiger partial charge on any atom is -0.472 e. The maximum absolute atomic E-state index is 7.75. The van der Waals surface area contributed by atoms with Gasteiger partial charge in [0, 0.05) is 75.8 Å². The highest BCUT2D eigenvalue weighted by atomic mass is 16.5. The zero-order valence-corrected chi connectivity index (χ0v) is 28.3. The van der Waals surface area contributed by atoms with Gasteiger partial charge in [-0.25, -0.2) is 0 Å². The highest BCUT2D eigenvalue weighted by molar-refractivity contribution is 6.19. The lowest BCUT2D eigenvalue weighted by Crippen LogP contribution is -2.36. The van der Waals surface area contributed by atoms with Crippen molar-refractivity contribution in [1.82, 2.24) is 4.57 Å². The van der Waals surface area contributed by atoms with Gasteiger partial charge in [0.2, 0.25) is 0 Å². The first-order valence-corrected chi connectivity index (χ1v) is 18.6. The van der Waals surface area contributed by atoms with E-state index in [4.69, 9.17) is 4.74 Å². The van der Waals surface area contributed by atoms with E-state index in [0.717, 1.165) is 30.3 Å². The van der Waals surface area contributed by atoms with Crippen LogP contribution in [0.15, 0.2) is 109 Å². The number of nitrogens with zero attached hydrogens (tertiary/aromatic N) is 2. The first kappa shape index (κ1) is 28.1. The summed E-state index contributed by atoms with van der Waals surface area (Å²) in [5.74, 6) is 2.52. The lowest BCUT2D eigenvalue weighted by atomic mass is 9.65. The van der Waals surface area contributed by atoms with Crippen LogP contribution in [0.1, 0.15) is 72.8 Å². The monoisotopic (exact) mass is 638 g/mol. The molecule has 4 atom stereocenters. The van der Waals surface area contributed by atoms with Crippen LogP contribution in [-0.2, 0) is 18.1 Å². The second-order valence-electron chi connectivity index (χ2n) is 15.6. The topological polar surface area (TPSA) is 17.4 Å². The van der Waals surface area contributed by atoms with Crippen LogP contribution in [0.25, 0.3) is 38.9 Å². The summed E-state index contributed by atoms with van der Waals surface area (Å²) in [7, 11) is 2.17. The van der Waals surface area contributed by atoms with Crippen molar-refractivity contribution >= 4 is 33.4 Å². The molecule has 3 nitrogen and oxygen atoms in total. The van der Waals surface area contributed by atoms with Gasteiger partial charge in [0.25, 0.3) is 0 Å². The molecule has 11 rings (SSSR count). The zero-order chi connectivity index (χ0) is 32.3. The van der Waals surface area contributed by atoms with Crippen LogP contribution in [0.5, 0.6) is 5.75 Å². The third-order valence-corrected chi connectivity index (χ3v) is 13.3. The Morgan fingerprint density at radius 3 is 2.35 bits per heavy atom. The van der Waals surface area contributed by atoms with E-state index in [9.17, 15) is 0 Å². The molecule has 3 aliphatic carbocycles. The van der Waals surface area contributed by atoms with E-state index in [0.29, 0.717) is 5.92 Å². The molecule has 3 heteroatoms. The average Bonchev–Trinajstić information content (AvgIpc) is 3.95. The van der Waals surface area contributed by atoms with Gasteiger partial charge < -0.3 is 14.2 Å². The Morgan fingerprint density at radius 1 is 0.755 bits per heavy atom. The van der Waals surface area contributed by atoms with E-state index in [-0.39, 0.29) is 5.41 Å². The molecule has 3 fully saturated rings. The summed E-state index contributed by atoms with van der Waals surface area (Å²) in [4.78, 5) is 2.55. The minimum absolute atomic E-state index is 0.0423. The van der Waals surface area contributed by atoms with E-state index in [1.165, 1.54) is 100 Å². The first-order valence-electron chi connectivity index (χ1n) is 18.6. The number of piperidine rings is 1. The Morgan fingerprint density at radius 2 is 1.55 bits per heavy atom. The van der Waals surface area contributed by atoms with Gasteiger partial charge in [-0.3, -0.25) is 0 Å². The number of anilines is 1. The normalized spacial score (nSPS) is 26.3. The molecule has 2 saturated carbocycles. The van der Waals surface area contributed by atoms with Crippen LogP contribution < -0.4 is 9.64 Å². The summed E-state index contributed by atoms with van der Waals surface area (Å²) in [5.41, 5.74) is 11.5. The Kier molecular flexibility index (Phi) is 5.82. The first-order chi connectivity index (χ1) is 24.2. The maximum atomic E-state index is 7.75. The fourth-order valence-electron chi connectivity index (χ4n) is 11.2. The van der Waals surface area contributed by atoms with Gasteiger partial charge in [0.05, 0.1) is 0 Å². The smallest absolute Gasteiger partial charge is 0.178 e. The second kappa shape index (κ2) is 10.1. The van der Waals surface area contributed by atoms with Gasteiger partial charge in [0.15, 0.2) is 5.60 Å². The van der Waals surface area contributed by atoms with Crippen LogP contribution in [0.3, 0.4) is 0 Å². The molecule has 242 valence electrons. The predicted molar refractivity (Wildman–Crippen MR) is 201 cm³/mol. The second-order valence-corrected chi connectivity index (χ2v) is 15.6. The molecule has 2 aliphatic heterocycles. The number of aromatic nitrogens is 1. The molecule has 5 aliphatic rings. The minimum atomic E-state index is -0.741. The molecule has 4 unspecified atom stereocenters. The van der Waals surface area contributed by atoms with E-state index < -0.39 is 5.60 Å². The van der Waals surface area contributed by atoms with Gasteiger partial charge in [-0.05, 0) is 109 Å². The summed E-state index contributed by atoms with van der Waals surface area (Å²) >= 11 is 0. The van der Waals surface area contributed by atoms with Crippen LogP contribution >= 0.6 is 0 Å². The molecule has 1 saturated heterocycles. The number of fused-ring (bicyclic) bond motifs is 15. The Balaban J connectivity index is 1.20. The summed E-state index contributed by atoms with van der Waals surface area (Å²) < 4.78 is 10.0. The fraction of sp³-hybridized carbons (Fsp3) is 0.304. The number of hydrogen-bond acceptors (Lipinski definition) is 2. The van der Waals surface area contributed by atoms with Crippen molar-refractivity contribution < 1.29 is 4.74 Å². The van der Waals surface area contributed by atoms with Crippen molar-refractivity contribution in [3.8, 4) is 16.9 Å². The molecular formula is C46H42N2O. The summed E-state index contributed by atoms with van der Waals surface area (Å²) in [5, 5.41) is 3.90. The Bertz CT molecular complexity index is 2330. The van der Waals surface area contributed by atoms with Crippen LogP contribution in [0.2, 0.25) is 0 Å². The van der Waals surface area contributed by atoms with E-state index in [1.54, 1.807) is 5.56 Å². The third kappa shape index (κ3) is 3.69. The van der Waals surface area contributed by atoms with Crippen molar-refractivity contribution in [2.75, 3.05) is 18.0 Å². The van der Waals surface area contributed by atoms with Crippen molar-refractivity contribution in [1.29, 1.82) is 0 Å². The molecular weight excluding hydrogens is 597 g/mol. The molecule has 1 aromatic heterocycles. The van der Waals surface area contributed by atoms with Gasteiger partial charge in [-0.1, -0.05) is 79.2 Å². The number of aryl methyl sites for hydroxylation is 1. The zero-order valence-electron chi connectivity index (χ0n) is 28.3. The summed E-state index contributed by atoms with van der Waals surface area (Å²) in [6, 6.07) is 36.6. The van der Waals surface area contributed by atoms with E-state index in [2.05, 4.69) is 132 Å². The molecule has 0 N–H and O–H groups in total. The lowest BCUT2D eigenvalue weighted by molar-refractivity contribution is 0.163. The van der Waals surface area contributed by atoms with E-state index in [1.807, 2.05) is 0 Å². The highest BCUT2D eigenvalue weighted by Crippen LogP contribution is 2.69. The largest absolute Gasteiger partial charge is 0.472 e. The number of hydrogen-bond donors (Lipinski definition) is 0. The maximum Gasteiger partial charge on any atom is 0.178 e. The van der Waals surface area contributed by atoms with Crippen molar-refractivity contribution in [3.05, 3.63) is 137 Å². The number of benzene rings is 5. The quantitative estimate of drug-likeness (QED) is 0.192. The molecule has 1 spiro atoms.